The lowest BCUT2D eigenvalue weighted by Gasteiger charge is -2.22. The molecule has 1 fully saturated rings. The van der Waals surface area contributed by atoms with Crippen molar-refractivity contribution in [1.29, 1.82) is 0 Å². The third-order valence-electron chi connectivity index (χ3n) is 2.98. The summed E-state index contributed by atoms with van der Waals surface area (Å²) in [6, 6.07) is 8.73. The SMILES string of the molecule is CC1CNC(C)C(c2cccc(Br)c2)OC1. The van der Waals surface area contributed by atoms with E-state index in [2.05, 4.69) is 53.3 Å². The van der Waals surface area contributed by atoms with Crippen LogP contribution in [0, 0.1) is 5.92 Å². The Kier molecular flexibility index (Phi) is 4.00. The van der Waals surface area contributed by atoms with Crippen molar-refractivity contribution in [2.75, 3.05) is 13.2 Å². The van der Waals surface area contributed by atoms with E-state index in [1.165, 1.54) is 5.56 Å². The van der Waals surface area contributed by atoms with Crippen LogP contribution in [0.15, 0.2) is 28.7 Å². The van der Waals surface area contributed by atoms with Crippen LogP contribution in [0.2, 0.25) is 0 Å². The van der Waals surface area contributed by atoms with Crippen molar-refractivity contribution in [2.45, 2.75) is 26.0 Å². The van der Waals surface area contributed by atoms with Crippen molar-refractivity contribution >= 4 is 15.9 Å². The number of nitrogens with one attached hydrogen (secondary N) is 1. The maximum atomic E-state index is 5.99. The van der Waals surface area contributed by atoms with E-state index >= 15 is 0 Å². The van der Waals surface area contributed by atoms with Crippen LogP contribution in [0.4, 0.5) is 0 Å². The molecular formula is C13H18BrNO. The van der Waals surface area contributed by atoms with Crippen LogP contribution < -0.4 is 5.32 Å². The molecule has 3 unspecified atom stereocenters. The molecule has 3 heteroatoms. The zero-order valence-electron chi connectivity index (χ0n) is 9.74. The van der Waals surface area contributed by atoms with Gasteiger partial charge in [0.05, 0.1) is 12.7 Å². The zero-order valence-corrected chi connectivity index (χ0v) is 11.3. The average molecular weight is 284 g/mol. The topological polar surface area (TPSA) is 21.3 Å². The quantitative estimate of drug-likeness (QED) is 0.855. The van der Waals surface area contributed by atoms with Gasteiger partial charge in [-0.2, -0.15) is 0 Å². The Morgan fingerprint density at radius 1 is 1.38 bits per heavy atom. The number of ether oxygens (including phenoxy) is 1. The van der Waals surface area contributed by atoms with Gasteiger partial charge in [0.1, 0.15) is 0 Å². The van der Waals surface area contributed by atoms with E-state index in [9.17, 15) is 0 Å². The first-order valence-electron chi connectivity index (χ1n) is 5.77. The fourth-order valence-electron chi connectivity index (χ4n) is 2.03. The Labute approximate surface area is 106 Å². The number of hydrogen-bond acceptors (Lipinski definition) is 2. The van der Waals surface area contributed by atoms with Crippen molar-refractivity contribution in [2.24, 2.45) is 5.92 Å². The Balaban J connectivity index is 2.18. The molecule has 1 aliphatic heterocycles. The standard InChI is InChI=1S/C13H18BrNO/c1-9-7-15-10(2)13(16-8-9)11-4-3-5-12(14)6-11/h3-6,9-10,13,15H,7-8H2,1-2H3. The Hall–Kier alpha value is -0.380. The van der Waals surface area contributed by atoms with E-state index in [1.807, 2.05) is 6.07 Å². The highest BCUT2D eigenvalue weighted by Gasteiger charge is 2.24. The second kappa shape index (κ2) is 5.30. The first kappa shape index (κ1) is 12.1. The summed E-state index contributed by atoms with van der Waals surface area (Å²) in [5.41, 5.74) is 1.24. The maximum Gasteiger partial charge on any atom is 0.0975 e. The molecule has 2 nitrogen and oxygen atoms in total. The molecule has 1 aromatic carbocycles. The largest absolute Gasteiger partial charge is 0.372 e. The van der Waals surface area contributed by atoms with Crippen LogP contribution in [0.5, 0.6) is 0 Å². The molecule has 1 saturated heterocycles. The minimum atomic E-state index is 0.155. The van der Waals surface area contributed by atoms with Gasteiger partial charge in [-0.1, -0.05) is 35.0 Å². The summed E-state index contributed by atoms with van der Waals surface area (Å²) >= 11 is 3.50. The number of halogens is 1. The monoisotopic (exact) mass is 283 g/mol. The van der Waals surface area contributed by atoms with Gasteiger partial charge < -0.3 is 10.1 Å². The van der Waals surface area contributed by atoms with E-state index in [-0.39, 0.29) is 6.10 Å². The fraction of sp³-hybridized carbons (Fsp3) is 0.538. The summed E-state index contributed by atoms with van der Waals surface area (Å²) < 4.78 is 7.09. The summed E-state index contributed by atoms with van der Waals surface area (Å²) in [6.45, 7) is 6.26. The second-order valence-corrected chi connectivity index (χ2v) is 5.53. The van der Waals surface area contributed by atoms with Gasteiger partial charge in [0.25, 0.3) is 0 Å². The Morgan fingerprint density at radius 2 is 2.19 bits per heavy atom. The predicted molar refractivity (Wildman–Crippen MR) is 69.5 cm³/mol. The molecule has 88 valence electrons. The first-order valence-corrected chi connectivity index (χ1v) is 6.56. The highest BCUT2D eigenvalue weighted by Crippen LogP contribution is 2.26. The number of rotatable bonds is 1. The van der Waals surface area contributed by atoms with Crippen molar-refractivity contribution < 1.29 is 4.74 Å². The number of hydrogen-bond donors (Lipinski definition) is 1. The summed E-state index contributed by atoms with van der Waals surface area (Å²) in [4.78, 5) is 0. The highest BCUT2D eigenvalue weighted by atomic mass is 79.9. The zero-order chi connectivity index (χ0) is 11.5. The summed E-state index contributed by atoms with van der Waals surface area (Å²) in [6.07, 6.45) is 0.155. The average Bonchev–Trinajstić information content (AvgIpc) is 2.42. The van der Waals surface area contributed by atoms with Crippen molar-refractivity contribution in [3.8, 4) is 0 Å². The van der Waals surface area contributed by atoms with Crippen molar-refractivity contribution in [1.82, 2.24) is 5.32 Å². The maximum absolute atomic E-state index is 5.99. The van der Waals surface area contributed by atoms with Gasteiger partial charge in [-0.05, 0) is 30.5 Å². The van der Waals surface area contributed by atoms with E-state index in [0.29, 0.717) is 12.0 Å². The highest BCUT2D eigenvalue weighted by molar-refractivity contribution is 9.10. The smallest absolute Gasteiger partial charge is 0.0975 e. The Bertz CT molecular complexity index is 356. The molecule has 16 heavy (non-hydrogen) atoms. The van der Waals surface area contributed by atoms with Crippen molar-refractivity contribution in [3.63, 3.8) is 0 Å². The van der Waals surface area contributed by atoms with Gasteiger partial charge >= 0.3 is 0 Å². The van der Waals surface area contributed by atoms with Crippen molar-refractivity contribution in [3.05, 3.63) is 34.3 Å². The summed E-state index contributed by atoms with van der Waals surface area (Å²) in [5, 5.41) is 3.52. The molecule has 0 spiro atoms. The van der Waals surface area contributed by atoms with Gasteiger partial charge in [0, 0.05) is 17.1 Å². The molecule has 1 aromatic rings. The molecule has 0 aromatic heterocycles. The van der Waals surface area contributed by atoms with Crippen LogP contribution in [0.3, 0.4) is 0 Å². The first-order chi connectivity index (χ1) is 7.66. The van der Waals surface area contributed by atoms with Crippen LogP contribution in [0.25, 0.3) is 0 Å². The van der Waals surface area contributed by atoms with E-state index in [4.69, 9.17) is 4.74 Å². The van der Waals surface area contributed by atoms with Crippen LogP contribution in [0.1, 0.15) is 25.5 Å². The molecule has 0 amide bonds. The lowest BCUT2D eigenvalue weighted by molar-refractivity contribution is 0.0337. The van der Waals surface area contributed by atoms with Crippen LogP contribution >= 0.6 is 15.9 Å². The molecule has 1 aliphatic rings. The normalized spacial score (nSPS) is 31.1. The van der Waals surface area contributed by atoms with Gasteiger partial charge in [-0.15, -0.1) is 0 Å². The van der Waals surface area contributed by atoms with Gasteiger partial charge in [-0.25, -0.2) is 0 Å². The summed E-state index contributed by atoms with van der Waals surface area (Å²) in [5.74, 6) is 0.583. The number of benzene rings is 1. The van der Waals surface area contributed by atoms with Gasteiger partial charge in [0.15, 0.2) is 0 Å². The van der Waals surface area contributed by atoms with Gasteiger partial charge in [-0.3, -0.25) is 0 Å². The van der Waals surface area contributed by atoms with E-state index in [0.717, 1.165) is 17.6 Å². The molecule has 0 radical (unpaired) electrons. The predicted octanol–water partition coefficient (Wildman–Crippen LogP) is 3.13. The molecule has 0 aliphatic carbocycles. The van der Waals surface area contributed by atoms with Crippen LogP contribution in [-0.2, 0) is 4.74 Å². The van der Waals surface area contributed by atoms with Gasteiger partial charge in [0.2, 0.25) is 0 Å². The fourth-order valence-corrected chi connectivity index (χ4v) is 2.45. The Morgan fingerprint density at radius 3 is 2.94 bits per heavy atom. The second-order valence-electron chi connectivity index (χ2n) is 4.61. The lowest BCUT2D eigenvalue weighted by Crippen LogP contribution is -2.32. The van der Waals surface area contributed by atoms with E-state index in [1.54, 1.807) is 0 Å². The lowest BCUT2D eigenvalue weighted by atomic mass is 10.0. The minimum Gasteiger partial charge on any atom is -0.372 e. The molecule has 0 bridgehead atoms. The molecule has 2 rings (SSSR count). The summed E-state index contributed by atoms with van der Waals surface area (Å²) in [7, 11) is 0. The molecule has 3 atom stereocenters. The third-order valence-corrected chi connectivity index (χ3v) is 3.47. The molecule has 1 heterocycles. The van der Waals surface area contributed by atoms with Crippen LogP contribution in [-0.4, -0.2) is 19.2 Å². The minimum absolute atomic E-state index is 0.155. The molecule has 0 saturated carbocycles. The molecule has 1 N–H and O–H groups in total. The third kappa shape index (κ3) is 2.84. The van der Waals surface area contributed by atoms with E-state index < -0.39 is 0 Å². The molecular weight excluding hydrogens is 266 g/mol.